The predicted molar refractivity (Wildman–Crippen MR) is 159 cm³/mol. The Labute approximate surface area is 243 Å². The molecular weight excluding hydrogens is 537 g/mol. The smallest absolute Gasteiger partial charge is 0.225 e. The van der Waals surface area contributed by atoms with Crippen LogP contribution < -0.4 is 10.2 Å². The molecule has 2 atom stereocenters. The van der Waals surface area contributed by atoms with Gasteiger partial charge in [0.25, 0.3) is 0 Å². The average molecular weight is 574 g/mol. The van der Waals surface area contributed by atoms with E-state index >= 15 is 0 Å². The molecule has 2 heterocycles. The van der Waals surface area contributed by atoms with E-state index in [9.17, 15) is 18.7 Å². The van der Waals surface area contributed by atoms with Crippen molar-refractivity contribution >= 4 is 22.4 Å². The van der Waals surface area contributed by atoms with Crippen molar-refractivity contribution in [1.29, 1.82) is 5.26 Å². The monoisotopic (exact) mass is 573 g/mol. The Balaban J connectivity index is 1.39. The van der Waals surface area contributed by atoms with Crippen LogP contribution in [0, 0.1) is 28.5 Å². The molecule has 1 aromatic heterocycles. The summed E-state index contributed by atoms with van der Waals surface area (Å²) in [6.07, 6.45) is 5.81. The molecule has 0 radical (unpaired) electrons. The van der Waals surface area contributed by atoms with Crippen molar-refractivity contribution in [3.05, 3.63) is 66.2 Å². The summed E-state index contributed by atoms with van der Waals surface area (Å²) in [4.78, 5) is 15.9. The number of benzene rings is 2. The van der Waals surface area contributed by atoms with E-state index in [1.165, 1.54) is 12.1 Å². The van der Waals surface area contributed by atoms with Gasteiger partial charge >= 0.3 is 0 Å². The summed E-state index contributed by atoms with van der Waals surface area (Å²) >= 11 is 0. The fourth-order valence-corrected chi connectivity index (χ4v) is 7.32. The average Bonchev–Trinajstić information content (AvgIpc) is 3.60. The van der Waals surface area contributed by atoms with Crippen molar-refractivity contribution in [3.8, 4) is 22.9 Å². The Bertz CT molecular complexity index is 1490. The summed E-state index contributed by atoms with van der Waals surface area (Å²) in [6.45, 7) is 6.03. The Hall–Kier alpha value is -3.51. The lowest BCUT2D eigenvalue weighted by molar-refractivity contribution is -0.128. The molecule has 0 bridgehead atoms. The highest BCUT2D eigenvalue weighted by molar-refractivity contribution is 7.85. The number of carbonyl (C=O) groups excluding carboxylic acids is 1. The minimum Gasteiger partial charge on any atom is -0.370 e. The molecule has 2 aromatic carbocycles. The van der Waals surface area contributed by atoms with E-state index in [4.69, 9.17) is 5.10 Å². The van der Waals surface area contributed by atoms with Crippen LogP contribution in [0.3, 0.4) is 0 Å². The molecule has 1 saturated heterocycles. The lowest BCUT2D eigenvalue weighted by atomic mass is 9.65. The molecule has 3 aromatic rings. The van der Waals surface area contributed by atoms with Crippen molar-refractivity contribution in [1.82, 2.24) is 15.1 Å². The fraction of sp³-hybridized carbons (Fsp3) is 0.469. The van der Waals surface area contributed by atoms with Crippen LogP contribution in [-0.2, 0) is 15.6 Å². The van der Waals surface area contributed by atoms with Gasteiger partial charge in [0, 0.05) is 64.7 Å². The lowest BCUT2D eigenvalue weighted by Crippen LogP contribution is -2.44. The Kier molecular flexibility index (Phi) is 7.23. The summed E-state index contributed by atoms with van der Waals surface area (Å²) in [5.74, 6) is 0.564. The second-order valence-corrected chi connectivity index (χ2v) is 14.2. The molecule has 7 nitrogen and oxygen atoms in total. The van der Waals surface area contributed by atoms with Gasteiger partial charge in [0.2, 0.25) is 5.91 Å². The molecule has 3 aliphatic rings. The molecular formula is C32H36FN5O2S. The van der Waals surface area contributed by atoms with E-state index in [-0.39, 0.29) is 29.0 Å². The molecule has 0 spiro atoms. The predicted octanol–water partition coefficient (Wildman–Crippen LogP) is 5.33. The van der Waals surface area contributed by atoms with Gasteiger partial charge in [-0.1, -0.05) is 26.0 Å². The molecule has 214 valence electrons. The largest absolute Gasteiger partial charge is 0.370 e. The van der Waals surface area contributed by atoms with E-state index in [0.717, 1.165) is 60.5 Å². The van der Waals surface area contributed by atoms with E-state index in [1.807, 2.05) is 6.20 Å². The van der Waals surface area contributed by atoms with Crippen LogP contribution in [-0.4, -0.2) is 50.0 Å². The third-order valence-electron chi connectivity index (χ3n) is 8.96. The molecule has 3 fully saturated rings. The molecule has 41 heavy (non-hydrogen) atoms. The van der Waals surface area contributed by atoms with Crippen molar-refractivity contribution < 1.29 is 13.4 Å². The number of rotatable bonds is 6. The second kappa shape index (κ2) is 10.7. The Morgan fingerprint density at radius 2 is 1.71 bits per heavy atom. The zero-order valence-electron chi connectivity index (χ0n) is 23.6. The first-order valence-corrected chi connectivity index (χ1v) is 15.9. The zero-order valence-corrected chi connectivity index (χ0v) is 24.4. The molecule has 9 heteroatoms. The highest BCUT2D eigenvalue weighted by Gasteiger charge is 2.48. The summed E-state index contributed by atoms with van der Waals surface area (Å²) in [7, 11) is -0.736. The number of amides is 1. The zero-order chi connectivity index (χ0) is 28.8. The third kappa shape index (κ3) is 5.80. The number of carbonyl (C=O) groups is 1. The molecule has 2 unspecified atom stereocenters. The molecule has 2 saturated carbocycles. The van der Waals surface area contributed by atoms with Gasteiger partial charge in [-0.25, -0.2) is 9.07 Å². The number of nitriles is 1. The number of nitrogens with one attached hydrogen (secondary N) is 1. The number of anilines is 1. The first-order valence-electron chi connectivity index (χ1n) is 14.4. The second-order valence-electron chi connectivity index (χ2n) is 12.5. The van der Waals surface area contributed by atoms with Crippen molar-refractivity contribution in [2.75, 3.05) is 29.5 Å². The van der Waals surface area contributed by atoms with Crippen molar-refractivity contribution in [2.24, 2.45) is 11.3 Å². The summed E-state index contributed by atoms with van der Waals surface area (Å²) in [5, 5.41) is 17.7. The summed E-state index contributed by atoms with van der Waals surface area (Å²) in [6, 6.07) is 16.9. The SMILES string of the molecule is CC1(C)CCC(C(=O)NC2(C#N)CC2)C(c2nn(-c3ccc(F)cc3)cc2-c2ccc(N3CCS(=O)CC3)cc2)C1. The number of nitrogens with zero attached hydrogens (tertiary/aromatic N) is 4. The molecule has 1 aliphatic heterocycles. The summed E-state index contributed by atoms with van der Waals surface area (Å²) < 4.78 is 27.3. The van der Waals surface area contributed by atoms with Crippen LogP contribution in [0.4, 0.5) is 10.1 Å². The summed E-state index contributed by atoms with van der Waals surface area (Å²) in [5.41, 5.74) is 3.95. The van der Waals surface area contributed by atoms with E-state index in [2.05, 4.69) is 54.4 Å². The van der Waals surface area contributed by atoms with Gasteiger partial charge in [-0.3, -0.25) is 9.00 Å². The number of aromatic nitrogens is 2. The molecule has 6 rings (SSSR count). The number of hydrogen-bond donors (Lipinski definition) is 1. The van der Waals surface area contributed by atoms with Crippen LogP contribution in [0.5, 0.6) is 0 Å². The van der Waals surface area contributed by atoms with Gasteiger partial charge in [0.15, 0.2) is 0 Å². The fourth-order valence-electron chi connectivity index (χ4n) is 6.26. The topological polar surface area (TPSA) is 91.0 Å². The van der Waals surface area contributed by atoms with Gasteiger partial charge in [0.1, 0.15) is 11.4 Å². The van der Waals surface area contributed by atoms with Gasteiger partial charge in [-0.05, 0) is 79.5 Å². The van der Waals surface area contributed by atoms with E-state index in [0.29, 0.717) is 24.3 Å². The maximum atomic E-state index is 13.7. The van der Waals surface area contributed by atoms with Gasteiger partial charge in [0.05, 0.1) is 17.5 Å². The van der Waals surface area contributed by atoms with Crippen molar-refractivity contribution in [3.63, 3.8) is 0 Å². The number of halogens is 1. The molecule has 1 amide bonds. The first-order chi connectivity index (χ1) is 19.7. The normalized spacial score (nSPS) is 23.5. The quantitative estimate of drug-likeness (QED) is 0.431. The third-order valence-corrected chi connectivity index (χ3v) is 10.2. The van der Waals surface area contributed by atoms with Gasteiger partial charge in [-0.15, -0.1) is 0 Å². The minimum atomic E-state index is -0.736. The number of hydrogen-bond acceptors (Lipinski definition) is 5. The highest BCUT2D eigenvalue weighted by Crippen LogP contribution is 2.49. The van der Waals surface area contributed by atoms with E-state index in [1.54, 1.807) is 16.8 Å². The van der Waals surface area contributed by atoms with Gasteiger partial charge < -0.3 is 10.2 Å². The van der Waals surface area contributed by atoms with Crippen LogP contribution in [0.25, 0.3) is 16.8 Å². The standard InChI is InChI=1S/C32H36FN5O2S/c1-31(2)12-11-26(30(39)35-32(21-34)13-14-32)27(19-31)29-28(20-38(36-29)25-9-5-23(33)6-10-25)22-3-7-24(8-4-22)37-15-17-41(40)18-16-37/h3-10,20,26-27H,11-19H2,1-2H3,(H,35,39). The van der Waals surface area contributed by atoms with Crippen LogP contribution >= 0.6 is 0 Å². The highest BCUT2D eigenvalue weighted by atomic mass is 32.2. The van der Waals surface area contributed by atoms with Crippen LogP contribution in [0.15, 0.2) is 54.7 Å². The van der Waals surface area contributed by atoms with Crippen LogP contribution in [0.2, 0.25) is 0 Å². The van der Waals surface area contributed by atoms with E-state index < -0.39 is 16.3 Å². The van der Waals surface area contributed by atoms with Crippen LogP contribution in [0.1, 0.15) is 57.6 Å². The maximum absolute atomic E-state index is 13.7. The first kappa shape index (κ1) is 27.6. The molecule has 1 N–H and O–H groups in total. The van der Waals surface area contributed by atoms with Gasteiger partial charge in [-0.2, -0.15) is 10.4 Å². The minimum absolute atomic E-state index is 0.0308. The Morgan fingerprint density at radius 1 is 1.05 bits per heavy atom. The lowest BCUT2D eigenvalue weighted by Gasteiger charge is -2.40. The maximum Gasteiger partial charge on any atom is 0.225 e. The van der Waals surface area contributed by atoms with Crippen molar-refractivity contribution in [2.45, 2.75) is 57.4 Å². The molecule has 2 aliphatic carbocycles. The Morgan fingerprint density at radius 3 is 2.34 bits per heavy atom.